The number of methoxy groups -OCH3 is 2. The van der Waals surface area contributed by atoms with Crippen molar-refractivity contribution in [1.82, 2.24) is 35.6 Å². The fraction of sp³-hybridized carbons (Fsp3) is 0.294. The number of amides is 1. The van der Waals surface area contributed by atoms with E-state index >= 15 is 0 Å². The van der Waals surface area contributed by atoms with Gasteiger partial charge in [0.25, 0.3) is 5.91 Å². The van der Waals surface area contributed by atoms with E-state index in [-0.39, 0.29) is 17.3 Å². The van der Waals surface area contributed by atoms with Crippen LogP contribution in [0.1, 0.15) is 21.7 Å². The van der Waals surface area contributed by atoms with Gasteiger partial charge in [0, 0.05) is 12.1 Å². The zero-order chi connectivity index (χ0) is 21.7. The molecule has 0 bridgehead atoms. The third-order valence-electron chi connectivity index (χ3n) is 3.94. The Morgan fingerprint density at radius 1 is 1.33 bits per heavy atom. The number of hydrogen-bond acceptors (Lipinski definition) is 11. The van der Waals surface area contributed by atoms with Gasteiger partial charge in [0.2, 0.25) is 11.6 Å². The second-order valence-electron chi connectivity index (χ2n) is 6.29. The van der Waals surface area contributed by atoms with E-state index in [2.05, 4.69) is 35.8 Å². The number of nitrogens with one attached hydrogen (secondary N) is 1. The summed E-state index contributed by atoms with van der Waals surface area (Å²) in [6.45, 7) is 0.329. The van der Waals surface area contributed by atoms with Crippen LogP contribution in [-0.4, -0.2) is 70.6 Å². The molecular weight excluding hydrogens is 394 g/mol. The highest BCUT2D eigenvalue weighted by atomic mass is 16.6. The number of benzene rings is 1. The molecule has 1 aromatic carbocycles. The van der Waals surface area contributed by atoms with Crippen molar-refractivity contribution < 1.29 is 18.9 Å². The first-order valence-electron chi connectivity index (χ1n) is 8.68. The summed E-state index contributed by atoms with van der Waals surface area (Å²) in [7, 11) is 6.71. The van der Waals surface area contributed by atoms with Gasteiger partial charge in [-0.3, -0.25) is 4.79 Å². The van der Waals surface area contributed by atoms with Crippen molar-refractivity contribution in [2.24, 2.45) is 5.10 Å². The number of aromatic nitrogens is 5. The molecule has 1 amide bonds. The molecule has 2 heterocycles. The number of carbonyl (C=O) groups excluding carboxylic acids is 1. The lowest BCUT2D eigenvalue weighted by Crippen LogP contribution is -2.23. The van der Waals surface area contributed by atoms with Gasteiger partial charge < -0.3 is 20.1 Å². The highest BCUT2D eigenvalue weighted by Gasteiger charge is 2.24. The highest BCUT2D eigenvalue weighted by molar-refractivity contribution is 5.94. The number of carbonyl (C=O) groups is 1. The first-order valence-corrected chi connectivity index (χ1v) is 8.68. The van der Waals surface area contributed by atoms with Gasteiger partial charge in [0.15, 0.2) is 17.2 Å². The molecule has 0 radical (unpaired) electrons. The molecule has 0 aliphatic carbocycles. The van der Waals surface area contributed by atoms with Gasteiger partial charge >= 0.3 is 0 Å². The quantitative estimate of drug-likeness (QED) is 0.381. The van der Waals surface area contributed by atoms with E-state index in [4.69, 9.17) is 15.2 Å². The van der Waals surface area contributed by atoms with Crippen LogP contribution in [0.5, 0.6) is 11.5 Å². The van der Waals surface area contributed by atoms with E-state index in [1.807, 2.05) is 19.0 Å². The van der Waals surface area contributed by atoms with E-state index in [9.17, 15) is 4.79 Å². The largest absolute Gasteiger partial charge is 0.493 e. The van der Waals surface area contributed by atoms with E-state index in [1.165, 1.54) is 25.1 Å². The van der Waals surface area contributed by atoms with E-state index < -0.39 is 5.91 Å². The van der Waals surface area contributed by atoms with Crippen LogP contribution < -0.4 is 20.6 Å². The minimum atomic E-state index is -0.564. The maximum absolute atomic E-state index is 12.7. The summed E-state index contributed by atoms with van der Waals surface area (Å²) in [4.78, 5) is 14.5. The topological polar surface area (TPSA) is 159 Å². The van der Waals surface area contributed by atoms with Gasteiger partial charge in [0.05, 0.1) is 26.1 Å². The summed E-state index contributed by atoms with van der Waals surface area (Å²) in [5, 5.41) is 19.1. The fourth-order valence-corrected chi connectivity index (χ4v) is 2.65. The lowest BCUT2D eigenvalue weighted by Gasteiger charge is -2.11. The van der Waals surface area contributed by atoms with Crippen molar-refractivity contribution in [2.75, 3.05) is 34.0 Å². The van der Waals surface area contributed by atoms with Crippen LogP contribution in [0.2, 0.25) is 0 Å². The van der Waals surface area contributed by atoms with Crippen LogP contribution in [0.4, 0.5) is 5.82 Å². The molecule has 0 aliphatic rings. The van der Waals surface area contributed by atoms with Crippen LogP contribution in [0.25, 0.3) is 5.82 Å². The van der Waals surface area contributed by atoms with Crippen LogP contribution in [0.3, 0.4) is 0 Å². The summed E-state index contributed by atoms with van der Waals surface area (Å²) in [5.74, 6) is 0.637. The number of ether oxygens (including phenoxy) is 2. The SMILES string of the molecule is COc1cccc(/C=N/NC(=O)c2nnn(-c3nonc3N)c2CN(C)C)c1OC. The van der Waals surface area contributed by atoms with Crippen molar-refractivity contribution in [3.63, 3.8) is 0 Å². The van der Waals surface area contributed by atoms with E-state index in [0.717, 1.165) is 0 Å². The van der Waals surface area contributed by atoms with Crippen LogP contribution >= 0.6 is 0 Å². The maximum atomic E-state index is 12.7. The van der Waals surface area contributed by atoms with Crippen molar-refractivity contribution >= 4 is 17.9 Å². The lowest BCUT2D eigenvalue weighted by atomic mass is 10.2. The van der Waals surface area contributed by atoms with Crippen LogP contribution in [-0.2, 0) is 6.54 Å². The van der Waals surface area contributed by atoms with Crippen molar-refractivity contribution in [3.05, 3.63) is 35.2 Å². The molecule has 2 aromatic heterocycles. The van der Waals surface area contributed by atoms with Gasteiger partial charge in [-0.15, -0.1) is 5.10 Å². The lowest BCUT2D eigenvalue weighted by molar-refractivity contribution is 0.0948. The number of nitrogen functional groups attached to an aromatic ring is 1. The smallest absolute Gasteiger partial charge is 0.293 e. The molecule has 0 aliphatic heterocycles. The predicted octanol–water partition coefficient (Wildman–Crippen LogP) is 0.0752. The van der Waals surface area contributed by atoms with Crippen LogP contribution in [0, 0.1) is 0 Å². The highest BCUT2D eigenvalue weighted by Crippen LogP contribution is 2.29. The second-order valence-corrected chi connectivity index (χ2v) is 6.29. The summed E-state index contributed by atoms with van der Waals surface area (Å²) < 4.78 is 16.5. The molecule has 3 aromatic rings. The molecule has 0 saturated heterocycles. The third kappa shape index (κ3) is 4.20. The molecule has 30 heavy (non-hydrogen) atoms. The first kappa shape index (κ1) is 20.7. The van der Waals surface area contributed by atoms with E-state index in [1.54, 1.807) is 18.2 Å². The third-order valence-corrected chi connectivity index (χ3v) is 3.94. The average Bonchev–Trinajstić information content (AvgIpc) is 3.32. The Morgan fingerprint density at radius 3 is 2.77 bits per heavy atom. The summed E-state index contributed by atoms with van der Waals surface area (Å²) in [6.07, 6.45) is 1.44. The molecule has 0 fully saturated rings. The van der Waals surface area contributed by atoms with Gasteiger partial charge in [-0.25, -0.2) is 10.1 Å². The first-order chi connectivity index (χ1) is 14.5. The Bertz CT molecular complexity index is 1060. The Hall–Kier alpha value is -4.00. The number of anilines is 1. The Kier molecular flexibility index (Phi) is 6.22. The van der Waals surface area contributed by atoms with Crippen molar-refractivity contribution in [2.45, 2.75) is 6.54 Å². The standard InChI is InChI=1S/C17H21N9O4/c1-25(2)9-11-13(20-24-26(11)16-15(18)22-30-23-16)17(27)21-19-8-10-6-5-7-12(28-3)14(10)29-4/h5-8H,9H2,1-4H3,(H2,18,22)(H,21,27)/b19-8+. The summed E-state index contributed by atoms with van der Waals surface area (Å²) >= 11 is 0. The molecule has 3 N–H and O–H groups in total. The monoisotopic (exact) mass is 415 g/mol. The molecule has 0 saturated carbocycles. The Balaban J connectivity index is 1.85. The second kappa shape index (κ2) is 9.00. The maximum Gasteiger partial charge on any atom is 0.293 e. The number of nitrogens with two attached hydrogens (primary N) is 1. The number of hydrogen-bond donors (Lipinski definition) is 2. The molecule has 158 valence electrons. The van der Waals surface area contributed by atoms with Crippen molar-refractivity contribution in [3.8, 4) is 17.3 Å². The molecule has 0 spiro atoms. The van der Waals surface area contributed by atoms with E-state index in [0.29, 0.717) is 29.3 Å². The number of rotatable bonds is 8. The number of hydrazone groups is 1. The normalized spacial score (nSPS) is 11.2. The minimum Gasteiger partial charge on any atom is -0.493 e. The summed E-state index contributed by atoms with van der Waals surface area (Å²) in [6, 6.07) is 5.30. The van der Waals surface area contributed by atoms with Gasteiger partial charge in [0.1, 0.15) is 0 Å². The molecule has 13 heteroatoms. The van der Waals surface area contributed by atoms with Gasteiger partial charge in [-0.2, -0.15) is 9.78 Å². The Labute approximate surface area is 171 Å². The molecule has 13 nitrogen and oxygen atoms in total. The zero-order valence-corrected chi connectivity index (χ0v) is 16.9. The Morgan fingerprint density at radius 2 is 2.13 bits per heavy atom. The molecule has 0 unspecified atom stereocenters. The molecule has 3 rings (SSSR count). The summed E-state index contributed by atoms with van der Waals surface area (Å²) in [5.41, 5.74) is 9.29. The average molecular weight is 415 g/mol. The van der Waals surface area contributed by atoms with Gasteiger partial charge in [-0.1, -0.05) is 11.3 Å². The molecule has 0 atom stereocenters. The zero-order valence-electron chi connectivity index (χ0n) is 16.9. The predicted molar refractivity (Wildman–Crippen MR) is 106 cm³/mol. The molecular formula is C17H21N9O4. The fourth-order valence-electron chi connectivity index (χ4n) is 2.65. The number of nitrogens with zero attached hydrogens (tertiary/aromatic N) is 7. The minimum absolute atomic E-state index is 0.0232. The van der Waals surface area contributed by atoms with Crippen molar-refractivity contribution in [1.29, 1.82) is 0 Å². The van der Waals surface area contributed by atoms with Crippen LogP contribution in [0.15, 0.2) is 27.9 Å². The van der Waals surface area contributed by atoms with Gasteiger partial charge in [-0.05, 0) is 36.5 Å². The number of para-hydroxylation sites is 1.